The predicted molar refractivity (Wildman–Crippen MR) is 72.1 cm³/mol. The van der Waals surface area contributed by atoms with Gasteiger partial charge in [-0.05, 0) is 29.8 Å². The molecule has 3 rings (SSSR count). The highest BCUT2D eigenvalue weighted by Gasteiger charge is 2.09. The highest BCUT2D eigenvalue weighted by atomic mass is 35.5. The molecule has 96 valence electrons. The molecule has 0 fully saturated rings. The van der Waals surface area contributed by atoms with E-state index in [0.29, 0.717) is 22.9 Å². The first-order chi connectivity index (χ1) is 9.76. The monoisotopic (exact) mass is 282 g/mol. The van der Waals surface area contributed by atoms with Crippen LogP contribution in [0.25, 0.3) is 17.3 Å². The van der Waals surface area contributed by atoms with Gasteiger partial charge in [-0.1, -0.05) is 12.1 Å². The van der Waals surface area contributed by atoms with E-state index in [9.17, 15) is 0 Å². The van der Waals surface area contributed by atoms with E-state index >= 15 is 0 Å². The van der Waals surface area contributed by atoms with Crippen LogP contribution in [0.2, 0.25) is 5.28 Å². The molecular formula is C13H7ClN6. The maximum absolute atomic E-state index is 8.93. The Morgan fingerprint density at radius 2 is 2.05 bits per heavy atom. The molecule has 0 atom stereocenters. The Morgan fingerprint density at radius 1 is 1.15 bits per heavy atom. The van der Waals surface area contributed by atoms with Crippen molar-refractivity contribution in [3.8, 4) is 23.4 Å². The molecule has 0 aliphatic rings. The summed E-state index contributed by atoms with van der Waals surface area (Å²) in [6.45, 7) is 0. The second kappa shape index (κ2) is 5.07. The third-order valence-electron chi connectivity index (χ3n) is 2.56. The largest absolute Gasteiger partial charge is 0.255 e. The Bertz CT molecular complexity index is 791. The molecule has 0 bridgehead atoms. The summed E-state index contributed by atoms with van der Waals surface area (Å²) in [7, 11) is 0. The molecule has 0 amide bonds. The number of benzene rings is 1. The minimum absolute atomic E-state index is 0.0721. The summed E-state index contributed by atoms with van der Waals surface area (Å²) in [6.07, 6.45) is 3.33. The standard InChI is InChI=1S/C13H7ClN6/c14-12-17-11(10-4-1-3-9(7-10)8-15)18-13(19-12)20-6-2-5-16-20/h1-7H. The zero-order valence-corrected chi connectivity index (χ0v) is 10.9. The van der Waals surface area contributed by atoms with E-state index in [1.807, 2.05) is 0 Å². The van der Waals surface area contributed by atoms with Gasteiger partial charge in [0.15, 0.2) is 5.82 Å². The fourth-order valence-corrected chi connectivity index (χ4v) is 1.84. The molecular weight excluding hydrogens is 276 g/mol. The Kier molecular flexibility index (Phi) is 3.11. The molecule has 0 radical (unpaired) electrons. The molecule has 3 aromatic rings. The Balaban J connectivity index is 2.12. The van der Waals surface area contributed by atoms with Crippen molar-refractivity contribution in [2.24, 2.45) is 0 Å². The lowest BCUT2D eigenvalue weighted by Gasteiger charge is -2.04. The van der Waals surface area contributed by atoms with E-state index in [4.69, 9.17) is 16.9 Å². The molecule has 6 nitrogen and oxygen atoms in total. The lowest BCUT2D eigenvalue weighted by molar-refractivity contribution is 0.798. The first-order valence-corrected chi connectivity index (χ1v) is 6.06. The van der Waals surface area contributed by atoms with Crippen LogP contribution in [0.15, 0.2) is 42.7 Å². The van der Waals surface area contributed by atoms with Gasteiger partial charge in [-0.3, -0.25) is 0 Å². The van der Waals surface area contributed by atoms with Crippen LogP contribution < -0.4 is 0 Å². The Labute approximate surface area is 119 Å². The van der Waals surface area contributed by atoms with Gasteiger partial charge in [0.1, 0.15) is 0 Å². The molecule has 7 heteroatoms. The molecule has 1 aromatic carbocycles. The van der Waals surface area contributed by atoms with Crippen molar-refractivity contribution >= 4 is 11.6 Å². The summed E-state index contributed by atoms with van der Waals surface area (Å²) < 4.78 is 1.49. The summed E-state index contributed by atoms with van der Waals surface area (Å²) in [6, 6.07) is 10.8. The predicted octanol–water partition coefficient (Wildman–Crippen LogP) is 2.25. The number of nitrogens with zero attached hydrogens (tertiary/aromatic N) is 6. The van der Waals surface area contributed by atoms with Gasteiger partial charge in [-0.25, -0.2) is 4.68 Å². The number of aromatic nitrogens is 5. The maximum Gasteiger partial charge on any atom is 0.255 e. The van der Waals surface area contributed by atoms with Gasteiger partial charge in [0.2, 0.25) is 5.28 Å². The maximum atomic E-state index is 8.93. The van der Waals surface area contributed by atoms with Crippen LogP contribution in [0.3, 0.4) is 0 Å². The Hall–Kier alpha value is -2.78. The molecule has 0 saturated carbocycles. The quantitative estimate of drug-likeness (QED) is 0.720. The third-order valence-corrected chi connectivity index (χ3v) is 2.72. The zero-order valence-electron chi connectivity index (χ0n) is 10.1. The van der Waals surface area contributed by atoms with Crippen molar-refractivity contribution in [3.63, 3.8) is 0 Å². The minimum Gasteiger partial charge on any atom is -0.206 e. The highest BCUT2D eigenvalue weighted by molar-refractivity contribution is 6.28. The summed E-state index contributed by atoms with van der Waals surface area (Å²) in [5.74, 6) is 0.722. The van der Waals surface area contributed by atoms with E-state index in [2.05, 4.69) is 26.1 Å². The van der Waals surface area contributed by atoms with Gasteiger partial charge in [-0.15, -0.1) is 0 Å². The van der Waals surface area contributed by atoms with Crippen LogP contribution in [0.5, 0.6) is 0 Å². The molecule has 20 heavy (non-hydrogen) atoms. The van der Waals surface area contributed by atoms with Crippen molar-refractivity contribution in [3.05, 3.63) is 53.6 Å². The molecule has 0 aliphatic heterocycles. The van der Waals surface area contributed by atoms with Gasteiger partial charge >= 0.3 is 0 Å². The first-order valence-electron chi connectivity index (χ1n) is 5.68. The summed E-state index contributed by atoms with van der Waals surface area (Å²) in [5.41, 5.74) is 1.22. The molecule has 2 aromatic heterocycles. The van der Waals surface area contributed by atoms with E-state index in [1.165, 1.54) is 4.68 Å². The lowest BCUT2D eigenvalue weighted by atomic mass is 10.1. The summed E-state index contributed by atoms with van der Waals surface area (Å²) in [5, 5.41) is 13.0. The van der Waals surface area contributed by atoms with Crippen molar-refractivity contribution in [1.29, 1.82) is 5.26 Å². The van der Waals surface area contributed by atoms with Crippen LogP contribution >= 0.6 is 11.6 Å². The van der Waals surface area contributed by atoms with Crippen LogP contribution in [0.1, 0.15) is 5.56 Å². The second-order valence-corrected chi connectivity index (χ2v) is 4.21. The van der Waals surface area contributed by atoms with Gasteiger partial charge in [0.25, 0.3) is 5.95 Å². The Morgan fingerprint density at radius 3 is 2.80 bits per heavy atom. The van der Waals surface area contributed by atoms with E-state index in [0.717, 1.165) is 0 Å². The van der Waals surface area contributed by atoms with Gasteiger partial charge in [0, 0.05) is 18.0 Å². The van der Waals surface area contributed by atoms with Crippen LogP contribution in [-0.2, 0) is 0 Å². The smallest absolute Gasteiger partial charge is 0.206 e. The minimum atomic E-state index is 0.0721. The first kappa shape index (κ1) is 12.3. The molecule has 2 heterocycles. The number of rotatable bonds is 2. The molecule has 0 saturated heterocycles. The molecule has 0 aliphatic carbocycles. The van der Waals surface area contributed by atoms with Crippen LogP contribution in [0, 0.1) is 11.3 Å². The average Bonchev–Trinajstić information content (AvgIpc) is 3.01. The summed E-state index contributed by atoms with van der Waals surface area (Å²) >= 11 is 5.92. The lowest BCUT2D eigenvalue weighted by Crippen LogP contribution is -2.05. The van der Waals surface area contributed by atoms with Crippen molar-refractivity contribution < 1.29 is 0 Å². The van der Waals surface area contributed by atoms with E-state index in [-0.39, 0.29) is 5.28 Å². The van der Waals surface area contributed by atoms with E-state index in [1.54, 1.807) is 42.7 Å². The third kappa shape index (κ3) is 2.35. The van der Waals surface area contributed by atoms with Gasteiger partial charge in [0.05, 0.1) is 11.6 Å². The fourth-order valence-electron chi connectivity index (χ4n) is 1.69. The topological polar surface area (TPSA) is 80.3 Å². The SMILES string of the molecule is N#Cc1cccc(-c2nc(Cl)nc(-n3cccn3)n2)c1. The number of hydrogen-bond acceptors (Lipinski definition) is 5. The van der Waals surface area contributed by atoms with Crippen molar-refractivity contribution in [2.45, 2.75) is 0 Å². The van der Waals surface area contributed by atoms with Crippen molar-refractivity contribution in [1.82, 2.24) is 24.7 Å². The van der Waals surface area contributed by atoms with Crippen LogP contribution in [0.4, 0.5) is 0 Å². The number of hydrogen-bond donors (Lipinski definition) is 0. The number of nitriles is 1. The average molecular weight is 283 g/mol. The normalized spacial score (nSPS) is 10.2. The summed E-state index contributed by atoms with van der Waals surface area (Å²) in [4.78, 5) is 12.4. The second-order valence-electron chi connectivity index (χ2n) is 3.87. The highest BCUT2D eigenvalue weighted by Crippen LogP contribution is 2.18. The fraction of sp³-hybridized carbons (Fsp3) is 0. The zero-order chi connectivity index (χ0) is 13.9. The van der Waals surface area contributed by atoms with Gasteiger partial charge in [-0.2, -0.15) is 25.3 Å². The van der Waals surface area contributed by atoms with E-state index < -0.39 is 0 Å². The number of halogens is 1. The van der Waals surface area contributed by atoms with Crippen LogP contribution in [-0.4, -0.2) is 24.7 Å². The van der Waals surface area contributed by atoms with Gasteiger partial charge < -0.3 is 0 Å². The molecule has 0 N–H and O–H groups in total. The molecule has 0 spiro atoms. The van der Waals surface area contributed by atoms with Crippen molar-refractivity contribution in [2.75, 3.05) is 0 Å². The molecule has 0 unspecified atom stereocenters.